The van der Waals surface area contributed by atoms with Crippen LogP contribution >= 0.6 is 24.0 Å². The van der Waals surface area contributed by atoms with Gasteiger partial charge < -0.3 is 19.9 Å². The molecule has 7 heteroatoms. The maximum absolute atomic E-state index is 11.5. The van der Waals surface area contributed by atoms with Crippen LogP contribution in [0.3, 0.4) is 0 Å². The predicted octanol–water partition coefficient (Wildman–Crippen LogP) is 3.65. The lowest BCUT2D eigenvalue weighted by Gasteiger charge is -2.36. The second kappa shape index (κ2) is 13.3. The van der Waals surface area contributed by atoms with E-state index >= 15 is 0 Å². The van der Waals surface area contributed by atoms with Gasteiger partial charge in [0.1, 0.15) is 0 Å². The molecule has 0 aromatic heterocycles. The first kappa shape index (κ1) is 25.1. The molecule has 1 aliphatic rings. The van der Waals surface area contributed by atoms with Gasteiger partial charge in [-0.25, -0.2) is 4.99 Å². The van der Waals surface area contributed by atoms with Crippen LogP contribution in [0.2, 0.25) is 0 Å². The first-order valence-electron chi connectivity index (χ1n) is 10.6. The SMILES string of the molecule is CCNC(=NCc1ccc(COCc2ccccc2)cc1)N1CCN(C(C)=O)CC1.I. The second-order valence-corrected chi connectivity index (χ2v) is 7.46. The van der Waals surface area contributed by atoms with Gasteiger partial charge in [0.05, 0.1) is 19.8 Å². The number of hydrogen-bond acceptors (Lipinski definition) is 3. The Bertz CT molecular complexity index is 819. The van der Waals surface area contributed by atoms with Crippen molar-refractivity contribution in [2.45, 2.75) is 33.6 Å². The third-order valence-corrected chi connectivity index (χ3v) is 5.17. The van der Waals surface area contributed by atoms with Gasteiger partial charge in [-0.1, -0.05) is 54.6 Å². The lowest BCUT2D eigenvalue weighted by molar-refractivity contribution is -0.130. The van der Waals surface area contributed by atoms with Crippen LogP contribution in [0.25, 0.3) is 0 Å². The highest BCUT2D eigenvalue weighted by atomic mass is 127. The zero-order chi connectivity index (χ0) is 21.2. The third kappa shape index (κ3) is 8.14. The molecule has 1 amide bonds. The van der Waals surface area contributed by atoms with E-state index in [9.17, 15) is 4.79 Å². The van der Waals surface area contributed by atoms with Crippen LogP contribution in [0, 0.1) is 0 Å². The summed E-state index contributed by atoms with van der Waals surface area (Å²) >= 11 is 0. The molecular formula is C24H33IN4O2. The van der Waals surface area contributed by atoms with Crippen molar-refractivity contribution in [1.29, 1.82) is 0 Å². The van der Waals surface area contributed by atoms with Crippen LogP contribution in [-0.2, 0) is 29.3 Å². The van der Waals surface area contributed by atoms with Gasteiger partial charge >= 0.3 is 0 Å². The normalized spacial score (nSPS) is 14.2. The number of aliphatic imine (C=N–C) groups is 1. The summed E-state index contributed by atoms with van der Waals surface area (Å²) < 4.78 is 5.81. The van der Waals surface area contributed by atoms with Crippen molar-refractivity contribution in [1.82, 2.24) is 15.1 Å². The highest BCUT2D eigenvalue weighted by Crippen LogP contribution is 2.10. The maximum Gasteiger partial charge on any atom is 0.219 e. The Morgan fingerprint density at radius 2 is 1.45 bits per heavy atom. The van der Waals surface area contributed by atoms with E-state index in [1.165, 1.54) is 11.1 Å². The lowest BCUT2D eigenvalue weighted by Crippen LogP contribution is -2.53. The molecule has 1 saturated heterocycles. The topological polar surface area (TPSA) is 57.2 Å². The monoisotopic (exact) mass is 536 g/mol. The number of carbonyl (C=O) groups excluding carboxylic acids is 1. The van der Waals surface area contributed by atoms with Crippen LogP contribution in [0.15, 0.2) is 59.6 Å². The molecule has 1 heterocycles. The van der Waals surface area contributed by atoms with Crippen LogP contribution < -0.4 is 5.32 Å². The Balaban J connectivity index is 0.00000341. The number of hydrogen-bond donors (Lipinski definition) is 1. The summed E-state index contributed by atoms with van der Waals surface area (Å²) in [6, 6.07) is 18.6. The average Bonchev–Trinajstić information content (AvgIpc) is 2.78. The van der Waals surface area contributed by atoms with Gasteiger partial charge in [0.25, 0.3) is 0 Å². The molecular weight excluding hydrogens is 503 g/mol. The summed E-state index contributed by atoms with van der Waals surface area (Å²) in [5.74, 6) is 1.06. The van der Waals surface area contributed by atoms with Gasteiger partial charge in [-0.15, -0.1) is 24.0 Å². The standard InChI is InChI=1S/C24H32N4O2.HI/c1-3-25-24(28-15-13-27(14-16-28)20(2)29)26-17-21-9-11-23(12-10-21)19-30-18-22-7-5-4-6-8-22;/h4-12H,3,13-19H2,1-2H3,(H,25,26);1H. The molecule has 0 radical (unpaired) electrons. The molecule has 2 aromatic rings. The predicted molar refractivity (Wildman–Crippen MR) is 135 cm³/mol. The molecule has 0 unspecified atom stereocenters. The number of guanidine groups is 1. The molecule has 6 nitrogen and oxygen atoms in total. The molecule has 0 atom stereocenters. The van der Waals surface area contributed by atoms with Gasteiger partial charge in [-0.3, -0.25) is 4.79 Å². The van der Waals surface area contributed by atoms with E-state index in [1.54, 1.807) is 6.92 Å². The van der Waals surface area contributed by atoms with Gasteiger partial charge in [-0.2, -0.15) is 0 Å². The van der Waals surface area contributed by atoms with Crippen molar-refractivity contribution < 1.29 is 9.53 Å². The van der Waals surface area contributed by atoms with E-state index in [0.717, 1.165) is 44.2 Å². The van der Waals surface area contributed by atoms with Crippen LogP contribution in [0.4, 0.5) is 0 Å². The molecule has 0 saturated carbocycles. The van der Waals surface area contributed by atoms with Crippen molar-refractivity contribution in [2.75, 3.05) is 32.7 Å². The molecule has 1 N–H and O–H groups in total. The van der Waals surface area contributed by atoms with Crippen molar-refractivity contribution in [2.24, 2.45) is 4.99 Å². The molecule has 2 aromatic carbocycles. The summed E-state index contributed by atoms with van der Waals surface area (Å²) in [6.07, 6.45) is 0. The molecule has 1 aliphatic heterocycles. The number of amides is 1. The number of carbonyl (C=O) groups is 1. The number of halogens is 1. The van der Waals surface area contributed by atoms with E-state index in [0.29, 0.717) is 19.8 Å². The van der Waals surface area contributed by atoms with E-state index < -0.39 is 0 Å². The Hall–Kier alpha value is -2.13. The van der Waals surface area contributed by atoms with Crippen molar-refractivity contribution >= 4 is 35.8 Å². The Kier molecular flexibility index (Phi) is 10.8. The number of rotatable bonds is 7. The molecule has 0 aliphatic carbocycles. The first-order valence-corrected chi connectivity index (χ1v) is 10.6. The quantitative estimate of drug-likeness (QED) is 0.334. The van der Waals surface area contributed by atoms with E-state index in [1.807, 2.05) is 23.1 Å². The molecule has 0 spiro atoms. The van der Waals surface area contributed by atoms with Crippen LogP contribution in [0.1, 0.15) is 30.5 Å². The fourth-order valence-corrected chi connectivity index (χ4v) is 3.43. The number of nitrogens with zero attached hydrogens (tertiary/aromatic N) is 3. The second-order valence-electron chi connectivity index (χ2n) is 7.46. The Labute approximate surface area is 202 Å². The number of benzene rings is 2. The van der Waals surface area contributed by atoms with Crippen molar-refractivity contribution in [3.63, 3.8) is 0 Å². The highest BCUT2D eigenvalue weighted by Gasteiger charge is 2.20. The largest absolute Gasteiger partial charge is 0.372 e. The number of nitrogens with one attached hydrogen (secondary N) is 1. The van der Waals surface area contributed by atoms with Gasteiger partial charge in [0, 0.05) is 39.6 Å². The zero-order valence-electron chi connectivity index (χ0n) is 18.4. The Morgan fingerprint density at radius 1 is 0.903 bits per heavy atom. The summed E-state index contributed by atoms with van der Waals surface area (Å²) in [5, 5.41) is 3.37. The molecule has 31 heavy (non-hydrogen) atoms. The zero-order valence-corrected chi connectivity index (χ0v) is 20.7. The Morgan fingerprint density at radius 3 is 2.03 bits per heavy atom. The summed E-state index contributed by atoms with van der Waals surface area (Å²) in [6.45, 7) is 9.49. The lowest BCUT2D eigenvalue weighted by atomic mass is 10.1. The van der Waals surface area contributed by atoms with E-state index in [4.69, 9.17) is 9.73 Å². The van der Waals surface area contributed by atoms with Crippen LogP contribution in [-0.4, -0.2) is 54.4 Å². The molecule has 0 bridgehead atoms. The van der Waals surface area contributed by atoms with Gasteiger partial charge in [0.2, 0.25) is 5.91 Å². The minimum absolute atomic E-state index is 0. The molecule has 168 valence electrons. The fraction of sp³-hybridized carbons (Fsp3) is 0.417. The minimum Gasteiger partial charge on any atom is -0.372 e. The highest BCUT2D eigenvalue weighted by molar-refractivity contribution is 14.0. The summed E-state index contributed by atoms with van der Waals surface area (Å²) in [5.41, 5.74) is 3.51. The summed E-state index contributed by atoms with van der Waals surface area (Å²) in [7, 11) is 0. The van der Waals surface area contributed by atoms with Crippen LogP contribution in [0.5, 0.6) is 0 Å². The third-order valence-electron chi connectivity index (χ3n) is 5.17. The van der Waals surface area contributed by atoms with Gasteiger partial charge in [-0.05, 0) is 23.6 Å². The molecule has 1 fully saturated rings. The van der Waals surface area contributed by atoms with E-state index in [-0.39, 0.29) is 29.9 Å². The van der Waals surface area contributed by atoms with Gasteiger partial charge in [0.15, 0.2) is 5.96 Å². The summed E-state index contributed by atoms with van der Waals surface area (Å²) in [4.78, 5) is 20.5. The van der Waals surface area contributed by atoms with Crippen molar-refractivity contribution in [3.05, 3.63) is 71.3 Å². The molecule has 3 rings (SSSR count). The van der Waals surface area contributed by atoms with E-state index in [2.05, 4.69) is 53.5 Å². The minimum atomic E-state index is 0. The van der Waals surface area contributed by atoms with Crippen molar-refractivity contribution in [3.8, 4) is 0 Å². The number of ether oxygens (including phenoxy) is 1. The number of piperazine rings is 1. The fourth-order valence-electron chi connectivity index (χ4n) is 3.43. The first-order chi connectivity index (χ1) is 14.7. The maximum atomic E-state index is 11.5. The smallest absolute Gasteiger partial charge is 0.219 e. The average molecular weight is 536 g/mol.